The van der Waals surface area contributed by atoms with Gasteiger partial charge in [0.05, 0.1) is 11.7 Å². The Morgan fingerprint density at radius 1 is 1.10 bits per heavy atom. The first-order valence-corrected chi connectivity index (χ1v) is 9.49. The normalized spacial score (nSPS) is 43.9. The summed E-state index contributed by atoms with van der Waals surface area (Å²) in [5, 5.41) is 3.75. The number of fused-ring (bicyclic) bond motifs is 1. The first-order chi connectivity index (χ1) is 10.1. The summed E-state index contributed by atoms with van der Waals surface area (Å²) in [4.78, 5) is 0. The fourth-order valence-electron chi connectivity index (χ4n) is 5.72. The third-order valence-electron chi connectivity index (χ3n) is 6.86. The minimum absolute atomic E-state index is 0.318. The lowest BCUT2D eigenvalue weighted by Crippen LogP contribution is -2.39. The summed E-state index contributed by atoms with van der Waals surface area (Å²) in [6.45, 7) is 5.79. The molecule has 1 saturated heterocycles. The smallest absolute Gasteiger partial charge is 0.0687 e. The van der Waals surface area contributed by atoms with Crippen LogP contribution in [0.3, 0.4) is 0 Å². The monoisotopic (exact) mass is 291 g/mol. The first kappa shape index (κ1) is 14.5. The fraction of sp³-hybridized carbons (Fsp3) is 1.00. The van der Waals surface area contributed by atoms with Gasteiger partial charge >= 0.3 is 0 Å². The highest BCUT2D eigenvalue weighted by Crippen LogP contribution is 2.62. The molecule has 0 aromatic rings. The SMILES string of the molecule is CC(C)NCC1(CC2CCC3(CCCC3)O2)CC2CC2C1. The summed E-state index contributed by atoms with van der Waals surface area (Å²) in [6, 6.07) is 0.615. The molecule has 3 saturated carbocycles. The minimum Gasteiger partial charge on any atom is -0.372 e. The second kappa shape index (κ2) is 5.23. The molecular formula is C19H33NO. The Hall–Kier alpha value is -0.0800. The van der Waals surface area contributed by atoms with Crippen LogP contribution in [0, 0.1) is 17.3 Å². The standard InChI is InChI=1S/C19H33NO/c1-14(2)20-13-18(10-15-9-16(15)11-18)12-17-5-8-19(21-17)6-3-4-7-19/h14-17,20H,3-13H2,1-2H3. The molecule has 3 unspecified atom stereocenters. The van der Waals surface area contributed by atoms with E-state index in [-0.39, 0.29) is 0 Å². The molecule has 0 aromatic carbocycles. The molecule has 2 heteroatoms. The van der Waals surface area contributed by atoms with Gasteiger partial charge in [-0.1, -0.05) is 26.7 Å². The van der Waals surface area contributed by atoms with E-state index in [2.05, 4.69) is 19.2 Å². The predicted molar refractivity (Wildman–Crippen MR) is 86.3 cm³/mol. The molecule has 4 aliphatic rings. The van der Waals surface area contributed by atoms with Crippen molar-refractivity contribution >= 4 is 0 Å². The van der Waals surface area contributed by atoms with Gasteiger partial charge in [0.25, 0.3) is 0 Å². The average Bonchev–Trinajstić information content (AvgIpc) is 2.88. The maximum Gasteiger partial charge on any atom is 0.0687 e. The minimum atomic E-state index is 0.318. The molecule has 4 fully saturated rings. The largest absolute Gasteiger partial charge is 0.372 e. The fourth-order valence-corrected chi connectivity index (χ4v) is 5.72. The summed E-state index contributed by atoms with van der Waals surface area (Å²) < 4.78 is 6.63. The number of nitrogens with one attached hydrogen (secondary N) is 1. The molecule has 3 atom stereocenters. The molecule has 3 aliphatic carbocycles. The van der Waals surface area contributed by atoms with Crippen LogP contribution < -0.4 is 5.32 Å². The van der Waals surface area contributed by atoms with Crippen molar-refractivity contribution in [1.82, 2.24) is 5.32 Å². The lowest BCUT2D eigenvalue weighted by molar-refractivity contribution is -0.0543. The number of rotatable bonds is 5. The van der Waals surface area contributed by atoms with Crippen LogP contribution >= 0.6 is 0 Å². The highest BCUT2D eigenvalue weighted by atomic mass is 16.5. The van der Waals surface area contributed by atoms with Crippen LogP contribution in [0.2, 0.25) is 0 Å². The molecule has 1 N–H and O–H groups in total. The zero-order valence-electron chi connectivity index (χ0n) is 14.0. The molecule has 4 rings (SSSR count). The summed E-state index contributed by atoms with van der Waals surface area (Å²) in [7, 11) is 0. The van der Waals surface area contributed by atoms with Crippen molar-refractivity contribution in [2.24, 2.45) is 17.3 Å². The molecule has 0 amide bonds. The molecule has 2 nitrogen and oxygen atoms in total. The Morgan fingerprint density at radius 3 is 2.48 bits per heavy atom. The van der Waals surface area contributed by atoms with E-state index >= 15 is 0 Å². The molecular weight excluding hydrogens is 258 g/mol. The molecule has 1 heterocycles. The molecule has 120 valence electrons. The van der Waals surface area contributed by atoms with Crippen LogP contribution in [-0.2, 0) is 4.74 Å². The van der Waals surface area contributed by atoms with E-state index in [1.165, 1.54) is 70.8 Å². The van der Waals surface area contributed by atoms with Crippen LogP contribution in [0.25, 0.3) is 0 Å². The zero-order chi connectivity index (χ0) is 14.5. The van der Waals surface area contributed by atoms with Crippen LogP contribution in [0.15, 0.2) is 0 Å². The van der Waals surface area contributed by atoms with Crippen molar-refractivity contribution < 1.29 is 4.74 Å². The van der Waals surface area contributed by atoms with Gasteiger partial charge in [-0.2, -0.15) is 0 Å². The van der Waals surface area contributed by atoms with E-state index < -0.39 is 0 Å². The Morgan fingerprint density at radius 2 is 1.81 bits per heavy atom. The maximum absolute atomic E-state index is 6.63. The van der Waals surface area contributed by atoms with E-state index in [1.807, 2.05) is 0 Å². The van der Waals surface area contributed by atoms with Crippen molar-refractivity contribution in [3.05, 3.63) is 0 Å². The third-order valence-corrected chi connectivity index (χ3v) is 6.86. The number of ether oxygens (including phenoxy) is 1. The second-order valence-electron chi connectivity index (χ2n) is 9.07. The summed E-state index contributed by atoms with van der Waals surface area (Å²) in [5.74, 6) is 2.14. The molecule has 0 radical (unpaired) electrons. The Bertz CT molecular complexity index is 375. The third kappa shape index (κ3) is 2.91. The lowest BCUT2D eigenvalue weighted by atomic mass is 9.77. The van der Waals surface area contributed by atoms with E-state index in [4.69, 9.17) is 4.74 Å². The average molecular weight is 291 g/mol. The highest BCUT2D eigenvalue weighted by Gasteiger charge is 2.55. The van der Waals surface area contributed by atoms with Crippen molar-refractivity contribution in [3.8, 4) is 0 Å². The Labute approximate surface area is 130 Å². The van der Waals surface area contributed by atoms with Gasteiger partial charge < -0.3 is 10.1 Å². The Kier molecular flexibility index (Phi) is 3.61. The van der Waals surface area contributed by atoms with Crippen LogP contribution in [0.4, 0.5) is 0 Å². The van der Waals surface area contributed by atoms with Gasteiger partial charge in [0.2, 0.25) is 0 Å². The van der Waals surface area contributed by atoms with E-state index in [1.54, 1.807) is 0 Å². The van der Waals surface area contributed by atoms with Crippen molar-refractivity contribution in [1.29, 1.82) is 0 Å². The van der Waals surface area contributed by atoms with Crippen LogP contribution in [-0.4, -0.2) is 24.3 Å². The number of hydrogen-bond acceptors (Lipinski definition) is 2. The lowest BCUT2D eigenvalue weighted by Gasteiger charge is -2.35. The van der Waals surface area contributed by atoms with Crippen molar-refractivity contribution in [2.45, 2.75) is 95.8 Å². The predicted octanol–water partition coefficient (Wildman–Crippen LogP) is 4.28. The first-order valence-electron chi connectivity index (χ1n) is 9.49. The quantitative estimate of drug-likeness (QED) is 0.816. The second-order valence-corrected chi connectivity index (χ2v) is 9.07. The van der Waals surface area contributed by atoms with E-state index in [9.17, 15) is 0 Å². The Balaban J connectivity index is 1.38. The van der Waals surface area contributed by atoms with Crippen molar-refractivity contribution in [2.75, 3.05) is 6.54 Å². The van der Waals surface area contributed by atoms with Gasteiger partial charge in [-0.3, -0.25) is 0 Å². The number of hydrogen-bond donors (Lipinski definition) is 1. The van der Waals surface area contributed by atoms with Gasteiger partial charge in [0, 0.05) is 12.6 Å². The van der Waals surface area contributed by atoms with E-state index in [0.717, 1.165) is 11.8 Å². The topological polar surface area (TPSA) is 21.3 Å². The van der Waals surface area contributed by atoms with E-state index in [0.29, 0.717) is 23.2 Å². The van der Waals surface area contributed by atoms with Crippen molar-refractivity contribution in [3.63, 3.8) is 0 Å². The van der Waals surface area contributed by atoms with Gasteiger partial charge in [-0.15, -0.1) is 0 Å². The van der Waals surface area contributed by atoms with Gasteiger partial charge in [-0.05, 0) is 68.6 Å². The zero-order valence-corrected chi connectivity index (χ0v) is 14.0. The summed E-state index contributed by atoms with van der Waals surface area (Å²) >= 11 is 0. The van der Waals surface area contributed by atoms with Gasteiger partial charge in [0.1, 0.15) is 0 Å². The molecule has 1 aliphatic heterocycles. The highest BCUT2D eigenvalue weighted by molar-refractivity contribution is 5.06. The molecule has 1 spiro atoms. The van der Waals surface area contributed by atoms with Gasteiger partial charge in [0.15, 0.2) is 0 Å². The molecule has 21 heavy (non-hydrogen) atoms. The van der Waals surface area contributed by atoms with Gasteiger partial charge in [-0.25, -0.2) is 0 Å². The summed E-state index contributed by atoms with van der Waals surface area (Å²) in [5.41, 5.74) is 0.880. The summed E-state index contributed by atoms with van der Waals surface area (Å²) in [6.07, 6.45) is 14.5. The molecule has 0 aromatic heterocycles. The van der Waals surface area contributed by atoms with Crippen LogP contribution in [0.1, 0.15) is 78.1 Å². The maximum atomic E-state index is 6.63. The molecule has 0 bridgehead atoms. The van der Waals surface area contributed by atoms with Crippen LogP contribution in [0.5, 0.6) is 0 Å².